The minimum atomic E-state index is -0.474. The van der Waals surface area contributed by atoms with Crippen molar-refractivity contribution in [1.82, 2.24) is 0 Å². The average molecular weight is 266 g/mol. The second-order valence-corrected chi connectivity index (χ2v) is 8.38. The van der Waals surface area contributed by atoms with Gasteiger partial charge in [0.25, 0.3) is 0 Å². The van der Waals surface area contributed by atoms with E-state index in [0.29, 0.717) is 22.7 Å². The van der Waals surface area contributed by atoms with Gasteiger partial charge >= 0.3 is 0 Å². The van der Waals surface area contributed by atoms with E-state index in [1.807, 2.05) is 0 Å². The molecule has 0 aromatic rings. The maximum absolute atomic E-state index is 10.4. The van der Waals surface area contributed by atoms with Crippen molar-refractivity contribution in [3.63, 3.8) is 0 Å². The standard InChI is InChI=1S/C17H30O2/c1-16(2)9-4-10-17(3)12-6-7-13(18)15(19)11(12)5-8-14(16)17/h11-15,18-19H,4-10H2,1-3H3/t11-,12-,13-,14-,15+,17+/m0/s1. The van der Waals surface area contributed by atoms with Gasteiger partial charge in [0.1, 0.15) is 0 Å². The Balaban J connectivity index is 1.91. The van der Waals surface area contributed by atoms with E-state index >= 15 is 0 Å². The van der Waals surface area contributed by atoms with Crippen LogP contribution in [-0.4, -0.2) is 22.4 Å². The molecule has 0 unspecified atom stereocenters. The summed E-state index contributed by atoms with van der Waals surface area (Å²) in [5.74, 6) is 1.78. The molecule has 19 heavy (non-hydrogen) atoms. The first-order valence-electron chi connectivity index (χ1n) is 8.22. The summed E-state index contributed by atoms with van der Waals surface area (Å²) in [6.07, 6.45) is 7.35. The molecule has 2 N–H and O–H groups in total. The first kappa shape index (κ1) is 13.9. The van der Waals surface area contributed by atoms with Crippen molar-refractivity contribution in [3.05, 3.63) is 0 Å². The van der Waals surface area contributed by atoms with Gasteiger partial charge in [-0.2, -0.15) is 0 Å². The predicted molar refractivity (Wildman–Crippen MR) is 76.7 cm³/mol. The van der Waals surface area contributed by atoms with Crippen molar-refractivity contribution in [3.8, 4) is 0 Å². The van der Waals surface area contributed by atoms with Crippen molar-refractivity contribution in [2.45, 2.75) is 77.9 Å². The Kier molecular flexibility index (Phi) is 3.26. The molecule has 6 atom stereocenters. The van der Waals surface area contributed by atoms with E-state index in [-0.39, 0.29) is 0 Å². The Morgan fingerprint density at radius 3 is 2.37 bits per heavy atom. The van der Waals surface area contributed by atoms with Crippen molar-refractivity contribution >= 4 is 0 Å². The molecule has 3 rings (SSSR count). The zero-order valence-corrected chi connectivity index (χ0v) is 12.7. The third-order valence-electron chi connectivity index (χ3n) is 7.03. The highest BCUT2D eigenvalue weighted by atomic mass is 16.3. The third-order valence-corrected chi connectivity index (χ3v) is 7.03. The van der Waals surface area contributed by atoms with E-state index in [0.717, 1.165) is 25.2 Å². The average Bonchev–Trinajstić information content (AvgIpc) is 2.33. The van der Waals surface area contributed by atoms with Crippen molar-refractivity contribution in [2.24, 2.45) is 28.6 Å². The summed E-state index contributed by atoms with van der Waals surface area (Å²) in [6.45, 7) is 7.38. The van der Waals surface area contributed by atoms with Crippen LogP contribution in [0.5, 0.6) is 0 Å². The molecule has 2 heteroatoms. The molecule has 0 amide bonds. The maximum Gasteiger partial charge on any atom is 0.0830 e. The van der Waals surface area contributed by atoms with Gasteiger partial charge in [-0.1, -0.05) is 27.2 Å². The van der Waals surface area contributed by atoms with E-state index in [1.54, 1.807) is 0 Å². The SMILES string of the molecule is CC1(C)CCC[C@]2(C)[C@H]3CC[C@H](O)[C@H](O)[C@H]3CC[C@@H]12. The smallest absolute Gasteiger partial charge is 0.0830 e. The molecule has 3 fully saturated rings. The molecule has 0 radical (unpaired) electrons. The first-order chi connectivity index (χ1) is 8.86. The van der Waals surface area contributed by atoms with E-state index in [4.69, 9.17) is 0 Å². The monoisotopic (exact) mass is 266 g/mol. The molecule has 0 aromatic heterocycles. The van der Waals surface area contributed by atoms with Gasteiger partial charge in [0, 0.05) is 0 Å². The molecular formula is C17H30O2. The Morgan fingerprint density at radius 1 is 0.895 bits per heavy atom. The number of hydrogen-bond acceptors (Lipinski definition) is 2. The molecule has 110 valence electrons. The molecule has 0 aromatic carbocycles. The van der Waals surface area contributed by atoms with Gasteiger partial charge in [0.05, 0.1) is 12.2 Å². The lowest BCUT2D eigenvalue weighted by molar-refractivity contribution is -0.163. The number of fused-ring (bicyclic) bond motifs is 3. The highest BCUT2D eigenvalue weighted by Crippen LogP contribution is 2.63. The van der Waals surface area contributed by atoms with Crippen LogP contribution < -0.4 is 0 Å². The molecule has 2 nitrogen and oxygen atoms in total. The lowest BCUT2D eigenvalue weighted by atomic mass is 9.44. The topological polar surface area (TPSA) is 40.5 Å². The summed E-state index contributed by atoms with van der Waals surface area (Å²) < 4.78 is 0. The molecule has 0 spiro atoms. The molecule has 3 aliphatic rings. The molecule has 0 bridgehead atoms. The van der Waals surface area contributed by atoms with E-state index in [9.17, 15) is 10.2 Å². The van der Waals surface area contributed by atoms with Gasteiger partial charge < -0.3 is 10.2 Å². The largest absolute Gasteiger partial charge is 0.390 e. The summed E-state index contributed by atoms with van der Waals surface area (Å²) in [7, 11) is 0. The van der Waals surface area contributed by atoms with Gasteiger partial charge in [-0.25, -0.2) is 0 Å². The zero-order chi connectivity index (χ0) is 13.8. The van der Waals surface area contributed by atoms with E-state index in [1.165, 1.54) is 25.7 Å². The van der Waals surface area contributed by atoms with Gasteiger partial charge in [-0.3, -0.25) is 0 Å². The minimum absolute atomic E-state index is 0.346. The first-order valence-corrected chi connectivity index (χ1v) is 8.22. The Morgan fingerprint density at radius 2 is 1.63 bits per heavy atom. The normalized spacial score (nSPS) is 53.2. The fourth-order valence-corrected chi connectivity index (χ4v) is 6.14. The lowest BCUT2D eigenvalue weighted by Crippen LogP contribution is -2.57. The molecular weight excluding hydrogens is 236 g/mol. The second-order valence-electron chi connectivity index (χ2n) is 8.38. The van der Waals surface area contributed by atoms with E-state index in [2.05, 4.69) is 20.8 Å². The molecule has 0 saturated heterocycles. The maximum atomic E-state index is 10.4. The van der Waals surface area contributed by atoms with Crippen LogP contribution in [0.3, 0.4) is 0 Å². The second kappa shape index (κ2) is 4.46. The van der Waals surface area contributed by atoms with Gasteiger partial charge in [0.2, 0.25) is 0 Å². The summed E-state index contributed by atoms with van der Waals surface area (Å²) in [5.41, 5.74) is 0.852. The van der Waals surface area contributed by atoms with Crippen LogP contribution in [0.2, 0.25) is 0 Å². The Labute approximate surface area is 117 Å². The summed E-state index contributed by atoms with van der Waals surface area (Å²) in [4.78, 5) is 0. The predicted octanol–water partition coefficient (Wildman–Crippen LogP) is 3.36. The van der Waals surface area contributed by atoms with Crippen LogP contribution >= 0.6 is 0 Å². The fourth-order valence-electron chi connectivity index (χ4n) is 6.14. The summed E-state index contributed by atoms with van der Waals surface area (Å²) >= 11 is 0. The number of rotatable bonds is 0. The summed E-state index contributed by atoms with van der Waals surface area (Å²) in [6, 6.07) is 0. The Hall–Kier alpha value is -0.0800. The lowest BCUT2D eigenvalue weighted by Gasteiger charge is -2.61. The van der Waals surface area contributed by atoms with Crippen LogP contribution in [0.15, 0.2) is 0 Å². The van der Waals surface area contributed by atoms with Gasteiger partial charge in [0.15, 0.2) is 0 Å². The fraction of sp³-hybridized carbons (Fsp3) is 1.00. The van der Waals surface area contributed by atoms with Crippen molar-refractivity contribution in [1.29, 1.82) is 0 Å². The van der Waals surface area contributed by atoms with Crippen molar-refractivity contribution in [2.75, 3.05) is 0 Å². The summed E-state index contributed by atoms with van der Waals surface area (Å²) in [5, 5.41) is 20.3. The minimum Gasteiger partial charge on any atom is -0.390 e. The van der Waals surface area contributed by atoms with Crippen LogP contribution in [0, 0.1) is 28.6 Å². The number of hydrogen-bond donors (Lipinski definition) is 2. The van der Waals surface area contributed by atoms with E-state index < -0.39 is 12.2 Å². The van der Waals surface area contributed by atoms with Crippen LogP contribution in [-0.2, 0) is 0 Å². The number of aliphatic hydroxyl groups excluding tert-OH is 2. The van der Waals surface area contributed by atoms with Gasteiger partial charge in [-0.05, 0) is 67.1 Å². The molecule has 3 saturated carbocycles. The highest BCUT2D eigenvalue weighted by molar-refractivity contribution is 5.06. The highest BCUT2D eigenvalue weighted by Gasteiger charge is 2.57. The quantitative estimate of drug-likeness (QED) is 0.706. The molecule has 0 heterocycles. The van der Waals surface area contributed by atoms with Crippen molar-refractivity contribution < 1.29 is 10.2 Å². The molecule has 3 aliphatic carbocycles. The third kappa shape index (κ3) is 1.98. The van der Waals surface area contributed by atoms with Gasteiger partial charge in [-0.15, -0.1) is 0 Å². The van der Waals surface area contributed by atoms with Crippen LogP contribution in [0.25, 0.3) is 0 Å². The zero-order valence-electron chi connectivity index (χ0n) is 12.7. The molecule has 0 aliphatic heterocycles. The Bertz CT molecular complexity index is 351. The van der Waals surface area contributed by atoms with Crippen LogP contribution in [0.1, 0.15) is 65.7 Å². The van der Waals surface area contributed by atoms with Crippen LogP contribution in [0.4, 0.5) is 0 Å². The number of aliphatic hydroxyl groups is 2.